The maximum Gasteiger partial charge on any atom is 0.223 e. The molecule has 0 amide bonds. The molecule has 0 fully saturated rings. The molecule has 0 unspecified atom stereocenters. The van der Waals surface area contributed by atoms with Crippen LogP contribution in [0.4, 0.5) is 11.8 Å². The van der Waals surface area contributed by atoms with Gasteiger partial charge in [0.25, 0.3) is 0 Å². The Balaban J connectivity index is 1.94. The first-order chi connectivity index (χ1) is 9.26. The van der Waals surface area contributed by atoms with Crippen molar-refractivity contribution in [2.24, 2.45) is 0 Å². The topological polar surface area (TPSA) is 77.0 Å². The number of nitrogens with one attached hydrogen (secondary N) is 1. The van der Waals surface area contributed by atoms with Crippen LogP contribution in [0.15, 0.2) is 29.1 Å². The highest BCUT2D eigenvalue weighted by atomic mass is 32.1. The van der Waals surface area contributed by atoms with Crippen molar-refractivity contribution < 1.29 is 4.42 Å². The zero-order valence-corrected chi connectivity index (χ0v) is 11.3. The summed E-state index contributed by atoms with van der Waals surface area (Å²) in [6.45, 7) is 2.78. The van der Waals surface area contributed by atoms with Crippen LogP contribution >= 0.6 is 11.3 Å². The quantitative estimate of drug-likeness (QED) is 0.764. The van der Waals surface area contributed by atoms with E-state index in [9.17, 15) is 0 Å². The van der Waals surface area contributed by atoms with Crippen LogP contribution in [0.3, 0.4) is 0 Å². The van der Waals surface area contributed by atoms with Crippen LogP contribution in [-0.2, 0) is 13.0 Å². The first-order valence-electron chi connectivity index (χ1n) is 6.07. The zero-order chi connectivity index (χ0) is 13.2. The molecule has 6 heteroatoms. The zero-order valence-electron chi connectivity index (χ0n) is 10.5. The molecule has 3 heterocycles. The molecule has 0 aromatic carbocycles. The second kappa shape index (κ2) is 4.89. The standard InChI is InChI=1S/C13H14N4OS/c1-2-9-5-10-11(15-6-8-3-4-18-7-8)16-13(14)17-12(10)19-9/h3-5,7H,2,6H2,1H3,(H3,14,15,16,17). The normalized spacial score (nSPS) is 11.0. The lowest BCUT2D eigenvalue weighted by Crippen LogP contribution is -2.04. The van der Waals surface area contributed by atoms with E-state index in [0.717, 1.165) is 28.0 Å². The molecule has 98 valence electrons. The fraction of sp³-hybridized carbons (Fsp3) is 0.231. The molecule has 0 atom stereocenters. The number of aryl methyl sites for hydroxylation is 1. The van der Waals surface area contributed by atoms with E-state index in [2.05, 4.69) is 28.3 Å². The molecule has 3 aromatic heterocycles. The number of nitrogens with two attached hydrogens (primary N) is 1. The third kappa shape index (κ3) is 2.39. The molecule has 0 spiro atoms. The van der Waals surface area contributed by atoms with Gasteiger partial charge in [-0.25, -0.2) is 4.98 Å². The van der Waals surface area contributed by atoms with Crippen molar-refractivity contribution in [2.75, 3.05) is 11.1 Å². The van der Waals surface area contributed by atoms with Gasteiger partial charge in [-0.05, 0) is 18.6 Å². The lowest BCUT2D eigenvalue weighted by molar-refractivity contribution is 0.564. The lowest BCUT2D eigenvalue weighted by Gasteiger charge is -2.05. The Bertz CT molecular complexity index is 690. The summed E-state index contributed by atoms with van der Waals surface area (Å²) in [5, 5.41) is 4.31. The minimum Gasteiger partial charge on any atom is -0.472 e. The Labute approximate surface area is 114 Å². The second-order valence-corrected chi connectivity index (χ2v) is 5.32. The van der Waals surface area contributed by atoms with Crippen LogP contribution in [0.25, 0.3) is 10.2 Å². The van der Waals surface area contributed by atoms with Crippen LogP contribution in [-0.4, -0.2) is 9.97 Å². The molecule has 0 saturated heterocycles. The van der Waals surface area contributed by atoms with Crippen LogP contribution in [0.5, 0.6) is 0 Å². The van der Waals surface area contributed by atoms with Crippen molar-refractivity contribution in [1.29, 1.82) is 0 Å². The number of anilines is 2. The van der Waals surface area contributed by atoms with Crippen molar-refractivity contribution in [3.8, 4) is 0 Å². The Morgan fingerprint density at radius 2 is 2.32 bits per heavy atom. The van der Waals surface area contributed by atoms with E-state index in [1.165, 1.54) is 4.88 Å². The van der Waals surface area contributed by atoms with Crippen LogP contribution in [0.2, 0.25) is 0 Å². The van der Waals surface area contributed by atoms with Gasteiger partial charge in [0.1, 0.15) is 10.6 Å². The summed E-state index contributed by atoms with van der Waals surface area (Å²) in [6.07, 6.45) is 4.35. The molecule has 0 aliphatic rings. The van der Waals surface area contributed by atoms with E-state index in [4.69, 9.17) is 10.2 Å². The number of nitrogen functional groups attached to an aromatic ring is 1. The lowest BCUT2D eigenvalue weighted by atomic mass is 10.3. The SMILES string of the molecule is CCc1cc2c(NCc3ccoc3)nc(N)nc2s1. The summed E-state index contributed by atoms with van der Waals surface area (Å²) in [4.78, 5) is 10.8. The Morgan fingerprint density at radius 1 is 1.42 bits per heavy atom. The van der Waals surface area contributed by atoms with Gasteiger partial charge in [0.2, 0.25) is 5.95 Å². The third-order valence-electron chi connectivity index (χ3n) is 2.85. The molecule has 3 rings (SSSR count). The highest BCUT2D eigenvalue weighted by molar-refractivity contribution is 7.18. The van der Waals surface area contributed by atoms with E-state index in [1.807, 2.05) is 6.07 Å². The third-order valence-corrected chi connectivity index (χ3v) is 4.02. The van der Waals surface area contributed by atoms with Crippen LogP contribution in [0.1, 0.15) is 17.4 Å². The fourth-order valence-electron chi connectivity index (χ4n) is 1.88. The summed E-state index contributed by atoms with van der Waals surface area (Å²) >= 11 is 1.66. The van der Waals surface area contributed by atoms with Crippen LogP contribution in [0, 0.1) is 0 Å². The predicted molar refractivity (Wildman–Crippen MR) is 77.2 cm³/mol. The number of fused-ring (bicyclic) bond motifs is 1. The van der Waals surface area contributed by atoms with Gasteiger partial charge in [0.15, 0.2) is 0 Å². The average molecular weight is 274 g/mol. The van der Waals surface area contributed by atoms with Crippen molar-refractivity contribution in [2.45, 2.75) is 19.9 Å². The predicted octanol–water partition coefficient (Wildman–Crippen LogP) is 3.04. The largest absolute Gasteiger partial charge is 0.472 e. The van der Waals surface area contributed by atoms with E-state index < -0.39 is 0 Å². The molecule has 0 radical (unpaired) electrons. The summed E-state index contributed by atoms with van der Waals surface area (Å²) in [6, 6.07) is 4.04. The monoisotopic (exact) mass is 274 g/mol. The molecule has 5 nitrogen and oxygen atoms in total. The van der Waals surface area contributed by atoms with Crippen molar-refractivity contribution in [3.63, 3.8) is 0 Å². The number of aromatic nitrogens is 2. The van der Waals surface area contributed by atoms with Gasteiger partial charge < -0.3 is 15.5 Å². The molecule has 3 aromatic rings. The molecule has 0 saturated carbocycles. The molecular weight excluding hydrogens is 260 g/mol. The average Bonchev–Trinajstić information content (AvgIpc) is 3.04. The number of hydrogen-bond acceptors (Lipinski definition) is 6. The van der Waals surface area contributed by atoms with Gasteiger partial charge in [-0.15, -0.1) is 11.3 Å². The van der Waals surface area contributed by atoms with E-state index in [0.29, 0.717) is 12.5 Å². The Kier molecular flexibility index (Phi) is 3.08. The maximum absolute atomic E-state index is 5.75. The Morgan fingerprint density at radius 3 is 3.05 bits per heavy atom. The van der Waals surface area contributed by atoms with Gasteiger partial charge in [-0.2, -0.15) is 4.98 Å². The number of thiophene rings is 1. The van der Waals surface area contributed by atoms with Crippen molar-refractivity contribution in [3.05, 3.63) is 35.1 Å². The van der Waals surface area contributed by atoms with Crippen LogP contribution < -0.4 is 11.1 Å². The molecular formula is C13H14N4OS. The van der Waals surface area contributed by atoms with E-state index in [1.54, 1.807) is 23.9 Å². The first kappa shape index (κ1) is 12.0. The number of furan rings is 1. The molecule has 3 N–H and O–H groups in total. The number of rotatable bonds is 4. The molecule has 0 aliphatic carbocycles. The number of nitrogens with zero attached hydrogens (tertiary/aromatic N) is 2. The van der Waals surface area contributed by atoms with Gasteiger partial charge in [0, 0.05) is 17.0 Å². The highest BCUT2D eigenvalue weighted by Gasteiger charge is 2.10. The number of hydrogen-bond donors (Lipinski definition) is 2. The summed E-state index contributed by atoms with van der Waals surface area (Å²) in [5.74, 6) is 1.08. The first-order valence-corrected chi connectivity index (χ1v) is 6.89. The van der Waals surface area contributed by atoms with Gasteiger partial charge in [-0.3, -0.25) is 0 Å². The fourth-order valence-corrected chi connectivity index (χ4v) is 2.85. The second-order valence-electron chi connectivity index (χ2n) is 4.20. The summed E-state index contributed by atoms with van der Waals surface area (Å²) < 4.78 is 5.04. The minimum absolute atomic E-state index is 0.298. The smallest absolute Gasteiger partial charge is 0.223 e. The Hall–Kier alpha value is -2.08. The summed E-state index contributed by atoms with van der Waals surface area (Å²) in [5.41, 5.74) is 6.82. The molecule has 19 heavy (non-hydrogen) atoms. The van der Waals surface area contributed by atoms with E-state index in [-0.39, 0.29) is 0 Å². The summed E-state index contributed by atoms with van der Waals surface area (Å²) in [7, 11) is 0. The molecule has 0 bridgehead atoms. The van der Waals surface area contributed by atoms with E-state index >= 15 is 0 Å². The maximum atomic E-state index is 5.75. The highest BCUT2D eigenvalue weighted by Crippen LogP contribution is 2.30. The van der Waals surface area contributed by atoms with Gasteiger partial charge >= 0.3 is 0 Å². The van der Waals surface area contributed by atoms with Crippen molar-refractivity contribution in [1.82, 2.24) is 9.97 Å². The minimum atomic E-state index is 0.298. The molecule has 0 aliphatic heterocycles. The van der Waals surface area contributed by atoms with Gasteiger partial charge in [0.05, 0.1) is 17.9 Å². The van der Waals surface area contributed by atoms with Crippen molar-refractivity contribution >= 4 is 33.3 Å². The van der Waals surface area contributed by atoms with Gasteiger partial charge in [-0.1, -0.05) is 6.92 Å².